The molecule has 3 rings (SSSR count). The van der Waals surface area contributed by atoms with Crippen LogP contribution >= 0.6 is 0 Å². The Morgan fingerprint density at radius 1 is 1.33 bits per heavy atom. The first-order valence-electron chi connectivity index (χ1n) is 5.25. The summed E-state index contributed by atoms with van der Waals surface area (Å²) >= 11 is 0. The first-order valence-corrected chi connectivity index (χ1v) is 5.25. The van der Waals surface area contributed by atoms with Crippen LogP contribution in [0, 0.1) is 12.9 Å². The Hall–Kier alpha value is -2.57. The summed E-state index contributed by atoms with van der Waals surface area (Å²) in [6.45, 7) is 1.72. The van der Waals surface area contributed by atoms with Crippen molar-refractivity contribution in [1.29, 1.82) is 0 Å². The van der Waals surface area contributed by atoms with Gasteiger partial charge in [0, 0.05) is 6.20 Å². The average Bonchev–Trinajstić information content (AvgIpc) is 2.73. The fraction of sp³-hybridized carbons (Fsp3) is 0.0909. The van der Waals surface area contributed by atoms with Gasteiger partial charge in [0.25, 0.3) is 0 Å². The molecule has 6 nitrogen and oxygen atoms in total. The molecule has 90 valence electrons. The molecule has 0 fully saturated rings. The summed E-state index contributed by atoms with van der Waals surface area (Å²) < 4.78 is 15.0. The second-order valence-electron chi connectivity index (χ2n) is 3.76. The smallest absolute Gasteiger partial charge is 0.238 e. The van der Waals surface area contributed by atoms with Crippen LogP contribution in [0.1, 0.15) is 5.82 Å². The molecule has 0 aliphatic rings. The van der Waals surface area contributed by atoms with Gasteiger partial charge in [-0.25, -0.2) is 19.6 Å². The highest BCUT2D eigenvalue weighted by Gasteiger charge is 2.13. The first-order chi connectivity index (χ1) is 8.66. The number of hydrogen-bond acceptors (Lipinski definition) is 5. The molecule has 0 saturated carbocycles. The van der Waals surface area contributed by atoms with E-state index in [1.54, 1.807) is 19.1 Å². The predicted octanol–water partition coefficient (Wildman–Crippen LogP) is 1.24. The van der Waals surface area contributed by atoms with Crippen molar-refractivity contribution < 1.29 is 4.39 Å². The molecule has 3 aromatic rings. The second-order valence-corrected chi connectivity index (χ2v) is 3.76. The van der Waals surface area contributed by atoms with E-state index in [0.717, 1.165) is 0 Å². The number of hydrogen-bond donors (Lipinski definition) is 1. The van der Waals surface area contributed by atoms with Crippen LogP contribution in [-0.2, 0) is 0 Å². The molecule has 0 bridgehead atoms. The van der Waals surface area contributed by atoms with Crippen LogP contribution in [0.3, 0.4) is 0 Å². The molecule has 7 heteroatoms. The van der Waals surface area contributed by atoms with Crippen LogP contribution in [0.15, 0.2) is 24.5 Å². The number of nitrogens with two attached hydrogens (primary N) is 1. The van der Waals surface area contributed by atoms with Crippen molar-refractivity contribution in [1.82, 2.24) is 24.7 Å². The van der Waals surface area contributed by atoms with Gasteiger partial charge in [0.2, 0.25) is 5.95 Å². The zero-order valence-electron chi connectivity index (χ0n) is 9.50. The number of nitrogen functional groups attached to an aromatic ring is 1. The molecule has 0 aromatic carbocycles. The van der Waals surface area contributed by atoms with Crippen molar-refractivity contribution in [3.63, 3.8) is 0 Å². The average molecular weight is 244 g/mol. The van der Waals surface area contributed by atoms with Crippen LogP contribution < -0.4 is 5.73 Å². The van der Waals surface area contributed by atoms with E-state index in [2.05, 4.69) is 20.1 Å². The van der Waals surface area contributed by atoms with Crippen LogP contribution in [0.25, 0.3) is 16.7 Å². The number of halogens is 1. The Bertz CT molecular complexity index is 735. The van der Waals surface area contributed by atoms with E-state index in [0.29, 0.717) is 22.7 Å². The SMILES string of the molecule is Cc1nc(N)c2cnn(-c3cccnc3F)c2n1. The zero-order valence-corrected chi connectivity index (χ0v) is 9.50. The van der Waals surface area contributed by atoms with E-state index >= 15 is 0 Å². The minimum atomic E-state index is -0.614. The molecule has 0 spiro atoms. The number of aryl methyl sites for hydroxylation is 1. The summed E-state index contributed by atoms with van der Waals surface area (Å²) in [7, 11) is 0. The van der Waals surface area contributed by atoms with E-state index in [1.165, 1.54) is 17.1 Å². The van der Waals surface area contributed by atoms with E-state index in [9.17, 15) is 4.39 Å². The van der Waals surface area contributed by atoms with Gasteiger partial charge in [-0.1, -0.05) is 0 Å². The lowest BCUT2D eigenvalue weighted by Crippen LogP contribution is -2.04. The van der Waals surface area contributed by atoms with Gasteiger partial charge in [0.15, 0.2) is 5.65 Å². The monoisotopic (exact) mass is 244 g/mol. The third-order valence-corrected chi connectivity index (χ3v) is 2.54. The largest absolute Gasteiger partial charge is 0.383 e. The maximum atomic E-state index is 13.6. The molecule has 0 saturated heterocycles. The highest BCUT2D eigenvalue weighted by Crippen LogP contribution is 2.21. The Kier molecular flexibility index (Phi) is 2.19. The Morgan fingerprint density at radius 3 is 2.94 bits per heavy atom. The number of fused-ring (bicyclic) bond motifs is 1. The normalized spacial score (nSPS) is 11.0. The lowest BCUT2D eigenvalue weighted by Gasteiger charge is -2.04. The summed E-state index contributed by atoms with van der Waals surface area (Å²) in [5, 5.41) is 4.67. The molecule has 0 aliphatic heterocycles. The van der Waals surface area contributed by atoms with Gasteiger partial charge in [0.05, 0.1) is 11.6 Å². The third-order valence-electron chi connectivity index (χ3n) is 2.54. The van der Waals surface area contributed by atoms with Gasteiger partial charge in [0.1, 0.15) is 17.3 Å². The van der Waals surface area contributed by atoms with Crippen molar-refractivity contribution in [2.45, 2.75) is 6.92 Å². The molecule has 18 heavy (non-hydrogen) atoms. The van der Waals surface area contributed by atoms with Crippen molar-refractivity contribution >= 4 is 16.9 Å². The van der Waals surface area contributed by atoms with Gasteiger partial charge in [-0.2, -0.15) is 9.49 Å². The van der Waals surface area contributed by atoms with Crippen LogP contribution in [0.2, 0.25) is 0 Å². The van der Waals surface area contributed by atoms with Gasteiger partial charge in [-0.05, 0) is 19.1 Å². The van der Waals surface area contributed by atoms with Crippen LogP contribution in [0.4, 0.5) is 10.2 Å². The predicted molar refractivity (Wildman–Crippen MR) is 63.6 cm³/mol. The minimum Gasteiger partial charge on any atom is -0.383 e. The second kappa shape index (κ2) is 3.73. The minimum absolute atomic E-state index is 0.227. The number of rotatable bonds is 1. The summed E-state index contributed by atoms with van der Waals surface area (Å²) in [6, 6.07) is 3.20. The van der Waals surface area contributed by atoms with Crippen molar-refractivity contribution in [2.75, 3.05) is 5.73 Å². The summed E-state index contributed by atoms with van der Waals surface area (Å²) in [5.41, 5.74) is 6.46. The first kappa shape index (κ1) is 10.6. The summed E-state index contributed by atoms with van der Waals surface area (Å²) in [6.07, 6.45) is 2.88. The van der Waals surface area contributed by atoms with E-state index in [4.69, 9.17) is 5.73 Å². The highest BCUT2D eigenvalue weighted by atomic mass is 19.1. The van der Waals surface area contributed by atoms with Gasteiger partial charge in [-0.3, -0.25) is 0 Å². The summed E-state index contributed by atoms with van der Waals surface area (Å²) in [5.74, 6) is 0.219. The molecule has 3 heterocycles. The van der Waals surface area contributed by atoms with Gasteiger partial charge >= 0.3 is 0 Å². The maximum Gasteiger partial charge on any atom is 0.238 e. The third kappa shape index (κ3) is 1.48. The van der Waals surface area contributed by atoms with Crippen molar-refractivity contribution in [3.8, 4) is 5.69 Å². The van der Waals surface area contributed by atoms with Crippen LogP contribution in [0.5, 0.6) is 0 Å². The topological polar surface area (TPSA) is 82.5 Å². The lowest BCUT2D eigenvalue weighted by molar-refractivity contribution is 0.570. The van der Waals surface area contributed by atoms with E-state index in [-0.39, 0.29) is 5.69 Å². The molecule has 0 amide bonds. The maximum absolute atomic E-state index is 13.6. The Balaban J connectivity index is 2.34. The molecule has 3 aromatic heterocycles. The van der Waals surface area contributed by atoms with Gasteiger partial charge < -0.3 is 5.73 Å². The standard InChI is InChI=1S/C11H9FN6/c1-6-16-10(13)7-5-15-18(11(7)17-6)8-3-2-4-14-9(8)12/h2-5H,1H3,(H2,13,16,17). The fourth-order valence-corrected chi connectivity index (χ4v) is 1.75. The molecule has 0 radical (unpaired) electrons. The van der Waals surface area contributed by atoms with E-state index < -0.39 is 5.95 Å². The van der Waals surface area contributed by atoms with Crippen molar-refractivity contribution in [2.24, 2.45) is 0 Å². The Morgan fingerprint density at radius 2 is 2.17 bits per heavy atom. The Labute approximate surface area is 101 Å². The molecule has 0 unspecified atom stereocenters. The molecule has 0 aliphatic carbocycles. The zero-order chi connectivity index (χ0) is 12.7. The number of aromatic nitrogens is 5. The lowest BCUT2D eigenvalue weighted by atomic mass is 10.3. The fourth-order valence-electron chi connectivity index (χ4n) is 1.75. The number of nitrogens with zero attached hydrogens (tertiary/aromatic N) is 5. The van der Waals surface area contributed by atoms with Crippen LogP contribution in [-0.4, -0.2) is 24.7 Å². The van der Waals surface area contributed by atoms with Crippen molar-refractivity contribution in [3.05, 3.63) is 36.3 Å². The number of anilines is 1. The molecular formula is C11H9FN6. The van der Waals surface area contributed by atoms with Gasteiger partial charge in [-0.15, -0.1) is 0 Å². The summed E-state index contributed by atoms with van der Waals surface area (Å²) in [4.78, 5) is 11.8. The molecular weight excluding hydrogens is 235 g/mol. The van der Waals surface area contributed by atoms with E-state index in [1.807, 2.05) is 0 Å². The molecule has 2 N–H and O–H groups in total. The number of pyridine rings is 1. The molecule has 0 atom stereocenters. The quantitative estimate of drug-likeness (QED) is 0.651. The highest BCUT2D eigenvalue weighted by molar-refractivity contribution is 5.86.